The standard InChI is InChI=1S/C23H30ClFN7O7P/c1-12(2)37-20(34)13(3)31-40(35,39-14-8-6-5-7-9-14)36-10-15-17(33)23(24,25)21(38-15)32-11-28-16-18(27-4)29-22(26)30-19(16)32/h5-9,11-13,15,17,21,33H,10H2,1-4H3,(H,31,35)(H3,26,27,29,30)/t13-,15-,17-,21-,23-,40+/m1/s1. The van der Waals surface area contributed by atoms with Gasteiger partial charge in [-0.2, -0.15) is 15.1 Å². The van der Waals surface area contributed by atoms with Crippen LogP contribution in [-0.2, 0) is 23.4 Å². The number of nitrogens with two attached hydrogens (primary N) is 1. The molecule has 5 N–H and O–H groups in total. The number of alkyl halides is 2. The molecule has 0 amide bonds. The molecule has 17 heteroatoms. The van der Waals surface area contributed by atoms with Crippen LogP contribution >= 0.6 is 19.3 Å². The van der Waals surface area contributed by atoms with E-state index >= 15 is 4.39 Å². The van der Waals surface area contributed by atoms with Gasteiger partial charge in [0.25, 0.3) is 5.13 Å². The van der Waals surface area contributed by atoms with Gasteiger partial charge in [-0.25, -0.2) is 13.9 Å². The highest BCUT2D eigenvalue weighted by molar-refractivity contribution is 7.52. The number of nitrogens with one attached hydrogen (secondary N) is 2. The SMILES string of the molecule is CNc1nc(N)nc2c1ncn2[C@@H]1O[C@H](CO[P@@](=O)(N[C@H](C)C(=O)OC(C)C)Oc2ccccc2)[C@@H](O)[C@]1(F)Cl. The third-order valence-electron chi connectivity index (χ3n) is 5.74. The maximum absolute atomic E-state index is 15.7. The highest BCUT2D eigenvalue weighted by Crippen LogP contribution is 2.49. The number of imidazole rings is 1. The number of esters is 1. The summed E-state index contributed by atoms with van der Waals surface area (Å²) in [4.78, 5) is 24.7. The van der Waals surface area contributed by atoms with Crippen LogP contribution < -0.4 is 20.7 Å². The van der Waals surface area contributed by atoms with Gasteiger partial charge in [-0.1, -0.05) is 29.8 Å². The first-order valence-corrected chi connectivity index (χ1v) is 14.1. The van der Waals surface area contributed by atoms with Crippen LogP contribution in [0.3, 0.4) is 0 Å². The molecule has 0 saturated carbocycles. The Bertz CT molecular complexity index is 1400. The summed E-state index contributed by atoms with van der Waals surface area (Å²) in [5, 5.41) is 13.2. The third-order valence-corrected chi connectivity index (χ3v) is 7.80. The van der Waals surface area contributed by atoms with Gasteiger partial charge in [0.2, 0.25) is 5.95 Å². The smallest absolute Gasteiger partial charge is 0.459 e. The highest BCUT2D eigenvalue weighted by Gasteiger charge is 2.58. The molecule has 6 atom stereocenters. The van der Waals surface area contributed by atoms with Crippen molar-refractivity contribution in [2.24, 2.45) is 0 Å². The van der Waals surface area contributed by atoms with Crippen LogP contribution in [0, 0.1) is 0 Å². The predicted octanol–water partition coefficient (Wildman–Crippen LogP) is 2.75. The molecule has 0 spiro atoms. The number of para-hydroxylation sites is 1. The summed E-state index contributed by atoms with van der Waals surface area (Å²) < 4.78 is 52.6. The van der Waals surface area contributed by atoms with E-state index in [2.05, 4.69) is 25.4 Å². The molecular weight excluding hydrogens is 572 g/mol. The number of benzene rings is 1. The number of nitrogens with zero attached hydrogens (tertiary/aromatic N) is 4. The maximum Gasteiger partial charge on any atom is 0.459 e. The van der Waals surface area contributed by atoms with Crippen LogP contribution in [0.15, 0.2) is 36.7 Å². The molecule has 2 aromatic heterocycles. The van der Waals surface area contributed by atoms with E-state index in [1.165, 1.54) is 25.4 Å². The van der Waals surface area contributed by atoms with Gasteiger partial charge >= 0.3 is 13.7 Å². The van der Waals surface area contributed by atoms with Gasteiger partial charge in [0.15, 0.2) is 23.2 Å². The third kappa shape index (κ3) is 6.29. The number of rotatable bonds is 11. The zero-order valence-electron chi connectivity index (χ0n) is 22.0. The molecule has 1 saturated heterocycles. The van der Waals surface area contributed by atoms with Crippen LogP contribution in [0.1, 0.15) is 27.0 Å². The number of aliphatic hydroxyl groups excluding tert-OH is 1. The zero-order chi connectivity index (χ0) is 29.2. The van der Waals surface area contributed by atoms with Crippen molar-refractivity contribution in [1.82, 2.24) is 24.6 Å². The highest BCUT2D eigenvalue weighted by atomic mass is 35.5. The summed E-state index contributed by atoms with van der Waals surface area (Å²) in [6.07, 6.45) is -4.22. The molecule has 218 valence electrons. The number of hydrogen-bond acceptors (Lipinski definition) is 12. The lowest BCUT2D eigenvalue weighted by Gasteiger charge is -2.25. The Kier molecular flexibility index (Phi) is 8.83. The van der Waals surface area contributed by atoms with Gasteiger partial charge in [0.1, 0.15) is 24.0 Å². The molecule has 0 aliphatic carbocycles. The quantitative estimate of drug-likeness (QED) is 0.143. The Morgan fingerprint density at radius 2 is 2.02 bits per heavy atom. The maximum atomic E-state index is 15.7. The monoisotopic (exact) mass is 601 g/mol. The fourth-order valence-corrected chi connectivity index (χ4v) is 5.69. The van der Waals surface area contributed by atoms with Crippen LogP contribution in [0.25, 0.3) is 11.2 Å². The number of fused-ring (bicyclic) bond motifs is 1. The number of carbonyl (C=O) groups excluding carboxylic acids is 1. The second kappa shape index (κ2) is 11.8. The summed E-state index contributed by atoms with van der Waals surface area (Å²) in [6.45, 7) is 4.09. The van der Waals surface area contributed by atoms with E-state index in [1.54, 1.807) is 39.1 Å². The van der Waals surface area contributed by atoms with E-state index in [0.717, 1.165) is 4.57 Å². The molecule has 0 unspecified atom stereocenters. The Morgan fingerprint density at radius 1 is 1.32 bits per heavy atom. The number of aliphatic hydroxyl groups is 1. The summed E-state index contributed by atoms with van der Waals surface area (Å²) in [6, 6.07) is 6.93. The molecule has 3 aromatic rings. The molecule has 40 heavy (non-hydrogen) atoms. The lowest BCUT2D eigenvalue weighted by Crippen LogP contribution is -2.40. The van der Waals surface area contributed by atoms with Gasteiger partial charge in [-0.3, -0.25) is 13.9 Å². The van der Waals surface area contributed by atoms with E-state index in [-0.39, 0.29) is 28.7 Å². The Morgan fingerprint density at radius 3 is 2.67 bits per heavy atom. The first-order chi connectivity index (χ1) is 18.8. The first kappa shape index (κ1) is 29.9. The Labute approximate surface area is 233 Å². The molecule has 3 heterocycles. The minimum atomic E-state index is -4.32. The van der Waals surface area contributed by atoms with Gasteiger partial charge in [-0.05, 0) is 32.9 Å². The van der Waals surface area contributed by atoms with Gasteiger partial charge in [0.05, 0.1) is 19.0 Å². The lowest BCUT2D eigenvalue weighted by molar-refractivity contribution is -0.149. The molecule has 14 nitrogen and oxygen atoms in total. The minimum absolute atomic E-state index is 0.0931. The zero-order valence-corrected chi connectivity index (χ0v) is 23.7. The molecule has 1 aliphatic heterocycles. The summed E-state index contributed by atoms with van der Waals surface area (Å²) >= 11 is 6.12. The van der Waals surface area contributed by atoms with E-state index < -0.39 is 56.0 Å². The van der Waals surface area contributed by atoms with E-state index in [4.69, 9.17) is 35.9 Å². The van der Waals surface area contributed by atoms with Crippen molar-refractivity contribution < 1.29 is 37.4 Å². The second-order valence-electron chi connectivity index (χ2n) is 9.18. The number of aromatic nitrogens is 4. The van der Waals surface area contributed by atoms with Crippen molar-refractivity contribution in [3.05, 3.63) is 36.7 Å². The van der Waals surface area contributed by atoms with Crippen molar-refractivity contribution in [3.8, 4) is 5.75 Å². The lowest BCUT2D eigenvalue weighted by atomic mass is 10.1. The number of carbonyl (C=O) groups is 1. The van der Waals surface area contributed by atoms with E-state index in [0.29, 0.717) is 0 Å². The summed E-state index contributed by atoms with van der Waals surface area (Å²) in [7, 11) is -2.73. The molecule has 1 fully saturated rings. The predicted molar refractivity (Wildman–Crippen MR) is 143 cm³/mol. The number of halogens is 2. The van der Waals surface area contributed by atoms with E-state index in [1.807, 2.05) is 0 Å². The summed E-state index contributed by atoms with van der Waals surface area (Å²) in [5.41, 5.74) is 6.12. The van der Waals surface area contributed by atoms with Crippen molar-refractivity contribution in [2.75, 3.05) is 24.7 Å². The fourth-order valence-electron chi connectivity index (χ4n) is 3.89. The second-order valence-corrected chi connectivity index (χ2v) is 11.5. The van der Waals surface area contributed by atoms with Gasteiger partial charge < -0.3 is 30.2 Å². The van der Waals surface area contributed by atoms with Crippen molar-refractivity contribution in [1.29, 1.82) is 0 Å². The van der Waals surface area contributed by atoms with Crippen LogP contribution in [0.5, 0.6) is 5.75 Å². The Hall–Kier alpha value is -3.07. The average molecular weight is 602 g/mol. The largest absolute Gasteiger partial charge is 0.462 e. The van der Waals surface area contributed by atoms with Crippen molar-refractivity contribution >= 4 is 48.2 Å². The molecule has 1 aromatic carbocycles. The van der Waals surface area contributed by atoms with Crippen molar-refractivity contribution in [2.45, 2.75) is 56.5 Å². The molecule has 1 aliphatic rings. The average Bonchev–Trinajstić information content (AvgIpc) is 3.40. The summed E-state index contributed by atoms with van der Waals surface area (Å²) in [5.74, 6) is -0.376. The van der Waals surface area contributed by atoms with E-state index in [9.17, 15) is 14.5 Å². The molecule has 0 bridgehead atoms. The molecule has 4 rings (SSSR count). The van der Waals surface area contributed by atoms with Crippen LogP contribution in [0.4, 0.5) is 16.2 Å². The van der Waals surface area contributed by atoms with Gasteiger partial charge in [0, 0.05) is 7.05 Å². The van der Waals surface area contributed by atoms with Crippen molar-refractivity contribution in [3.63, 3.8) is 0 Å². The number of ether oxygens (including phenoxy) is 2. The number of hydrogen-bond donors (Lipinski definition) is 4. The minimum Gasteiger partial charge on any atom is -0.462 e. The molecular formula is C23H30ClFN7O7P. The molecule has 0 radical (unpaired) electrons. The number of anilines is 2. The first-order valence-electron chi connectivity index (χ1n) is 12.2. The normalized spacial score (nSPS) is 25.1. The van der Waals surface area contributed by atoms with Crippen LogP contribution in [0.2, 0.25) is 0 Å². The Balaban J connectivity index is 1.56. The number of nitrogen functional groups attached to an aromatic ring is 1. The fraction of sp³-hybridized carbons (Fsp3) is 0.478. The topological polar surface area (TPSA) is 185 Å². The van der Waals surface area contributed by atoms with Crippen LogP contribution in [-0.4, -0.2) is 73.7 Å². The van der Waals surface area contributed by atoms with Gasteiger partial charge in [-0.15, -0.1) is 0 Å².